The Hall–Kier alpha value is 0.457. The van der Waals surface area contributed by atoms with Crippen LogP contribution in [0.5, 0.6) is 0 Å². The van der Waals surface area contributed by atoms with Crippen molar-refractivity contribution in [3.05, 3.63) is 12.2 Å². The van der Waals surface area contributed by atoms with Gasteiger partial charge in [-0.2, -0.15) is 0 Å². The summed E-state index contributed by atoms with van der Waals surface area (Å²) in [6.07, 6.45) is 4.66. The molecule has 0 saturated carbocycles. The number of ether oxygens (including phenoxy) is 2. The summed E-state index contributed by atoms with van der Waals surface area (Å²) < 4.78 is 43.3. The molecule has 0 bridgehead atoms. The van der Waals surface area contributed by atoms with Crippen molar-refractivity contribution in [2.24, 2.45) is 5.41 Å². The molecule has 2 fully saturated rings. The van der Waals surface area contributed by atoms with Crippen LogP contribution in [0, 0.1) is 5.41 Å². The Bertz CT molecular complexity index is 660. The standard InChI is InChI=1S/C19H35O7PSSi/c1-14-21-16(4,5)18(8,22-14)19(9)17(6,7)23-29(24-19)25-27-12-10-11-15(2,3)13-20-28-26-29/h10-11,14,27H,12-13H2,1-9H3/b11-10+/t14-,18?,19?,29?/m1/s1. The molecule has 3 heterocycles. The molecule has 0 aliphatic carbocycles. The third-order valence-electron chi connectivity index (χ3n) is 6.36. The number of allylic oxidation sites excluding steroid dienone is 1. The van der Waals surface area contributed by atoms with E-state index in [1.807, 2.05) is 48.5 Å². The molecule has 0 aromatic heterocycles. The van der Waals surface area contributed by atoms with Crippen molar-refractivity contribution in [3.8, 4) is 0 Å². The van der Waals surface area contributed by atoms with Crippen molar-refractivity contribution >= 4 is 30.2 Å². The highest BCUT2D eigenvalue weighted by atomic mass is 32.2. The monoisotopic (exact) mass is 466 g/mol. The van der Waals surface area contributed by atoms with Crippen LogP contribution in [-0.2, 0) is 30.6 Å². The second kappa shape index (κ2) is 7.80. The van der Waals surface area contributed by atoms with Crippen molar-refractivity contribution in [2.45, 2.75) is 91.0 Å². The van der Waals surface area contributed by atoms with E-state index in [0.29, 0.717) is 6.61 Å². The van der Waals surface area contributed by atoms with Gasteiger partial charge >= 0.3 is 9.05 Å². The maximum absolute atomic E-state index is 6.64. The highest BCUT2D eigenvalue weighted by molar-refractivity contribution is 7.90. The summed E-state index contributed by atoms with van der Waals surface area (Å²) in [6, 6.07) is 0. The summed E-state index contributed by atoms with van der Waals surface area (Å²) in [7, 11) is -3.36. The zero-order valence-electron chi connectivity index (χ0n) is 18.9. The minimum absolute atomic E-state index is 0.0895. The molecular weight excluding hydrogens is 431 g/mol. The Kier molecular flexibility index (Phi) is 6.48. The Balaban J connectivity index is 1.89. The van der Waals surface area contributed by atoms with Gasteiger partial charge in [0, 0.05) is 20.4 Å². The molecule has 0 aromatic carbocycles. The molecule has 0 amide bonds. The van der Waals surface area contributed by atoms with Crippen LogP contribution in [0.2, 0.25) is 0 Å². The average Bonchev–Trinajstić information content (AvgIpc) is 2.89. The summed E-state index contributed by atoms with van der Waals surface area (Å²) in [5.74, 6) is 0. The third-order valence-corrected chi connectivity index (χ3v) is 11.1. The van der Waals surface area contributed by atoms with Crippen LogP contribution in [0.1, 0.15) is 62.3 Å². The Morgan fingerprint density at radius 3 is 2.24 bits per heavy atom. The second-order valence-corrected chi connectivity index (χ2v) is 13.8. The summed E-state index contributed by atoms with van der Waals surface area (Å²) in [5.41, 5.74) is -3.13. The van der Waals surface area contributed by atoms with Gasteiger partial charge in [-0.1, -0.05) is 26.0 Å². The van der Waals surface area contributed by atoms with Crippen molar-refractivity contribution in [1.82, 2.24) is 0 Å². The van der Waals surface area contributed by atoms with E-state index in [1.165, 1.54) is 0 Å². The molecule has 168 valence electrons. The first-order chi connectivity index (χ1) is 13.2. The topological polar surface area (TPSA) is 64.6 Å². The summed E-state index contributed by atoms with van der Waals surface area (Å²) in [6.45, 7) is 18.6. The maximum Gasteiger partial charge on any atom is 0.697 e. The lowest BCUT2D eigenvalue weighted by atomic mass is 9.67. The highest BCUT2D eigenvalue weighted by Crippen LogP contribution is 2.57. The Labute approximate surface area is 182 Å². The smallest absolute Gasteiger partial charge is 0.344 e. The second-order valence-electron chi connectivity index (χ2n) is 9.85. The first-order valence-corrected chi connectivity index (χ1v) is 13.4. The molecule has 3 aliphatic heterocycles. The fourth-order valence-electron chi connectivity index (χ4n) is 4.13. The van der Waals surface area contributed by atoms with Crippen LogP contribution in [0.25, 0.3) is 0 Å². The predicted octanol–water partition coefficient (Wildman–Crippen LogP) is 4.74. The van der Waals surface area contributed by atoms with Gasteiger partial charge in [0.25, 0.3) is 0 Å². The molecule has 2 saturated heterocycles. The molecule has 29 heavy (non-hydrogen) atoms. The molecule has 4 unspecified atom stereocenters. The largest absolute Gasteiger partial charge is 0.697 e. The zero-order chi connectivity index (χ0) is 21.8. The molecular formula is C19H35O7PSSi. The molecule has 0 N–H and O–H groups in total. The van der Waals surface area contributed by atoms with Crippen LogP contribution in [0.3, 0.4) is 0 Å². The number of hydrogen-bond donors (Lipinski definition) is 0. The van der Waals surface area contributed by atoms with Gasteiger partial charge in [0.1, 0.15) is 11.2 Å². The van der Waals surface area contributed by atoms with Gasteiger partial charge < -0.3 is 22.5 Å². The van der Waals surface area contributed by atoms with Crippen molar-refractivity contribution in [2.75, 3.05) is 12.8 Å². The van der Waals surface area contributed by atoms with E-state index in [2.05, 4.69) is 26.0 Å². The van der Waals surface area contributed by atoms with Gasteiger partial charge in [-0.3, -0.25) is 8.06 Å². The summed E-state index contributed by atoms with van der Waals surface area (Å²) in [5, 5.41) is 0. The van der Waals surface area contributed by atoms with Crippen LogP contribution < -0.4 is 0 Å². The molecule has 7 nitrogen and oxygen atoms in total. The quantitative estimate of drug-likeness (QED) is 0.238. The first-order valence-electron chi connectivity index (χ1n) is 10.00. The van der Waals surface area contributed by atoms with Crippen LogP contribution in [0.4, 0.5) is 0 Å². The molecule has 0 aromatic rings. The van der Waals surface area contributed by atoms with Crippen LogP contribution in [0.15, 0.2) is 12.2 Å². The lowest BCUT2D eigenvalue weighted by Gasteiger charge is -2.51. The van der Waals surface area contributed by atoms with Crippen molar-refractivity contribution < 1.29 is 30.6 Å². The van der Waals surface area contributed by atoms with Crippen LogP contribution >= 0.6 is 21.1 Å². The Morgan fingerprint density at radius 2 is 1.62 bits per heavy atom. The fourth-order valence-corrected chi connectivity index (χ4v) is 9.11. The minimum Gasteiger partial charge on any atom is -0.344 e. The average molecular weight is 467 g/mol. The van der Waals surface area contributed by atoms with Crippen molar-refractivity contribution in [3.63, 3.8) is 0 Å². The summed E-state index contributed by atoms with van der Waals surface area (Å²) >= 11 is 0.888. The molecule has 10 heteroatoms. The van der Waals surface area contributed by atoms with Gasteiger partial charge in [0.05, 0.1) is 17.8 Å². The molecule has 0 radical (unpaired) electrons. The van der Waals surface area contributed by atoms with E-state index in [1.54, 1.807) is 0 Å². The zero-order valence-corrected chi connectivity index (χ0v) is 21.7. The normalized spacial score (nSPS) is 46.6. The molecule has 1 spiro atoms. The van der Waals surface area contributed by atoms with Crippen LogP contribution in [-0.4, -0.2) is 50.5 Å². The van der Waals surface area contributed by atoms with E-state index >= 15 is 0 Å². The summed E-state index contributed by atoms with van der Waals surface area (Å²) in [4.78, 5) is 0. The van der Waals surface area contributed by atoms with Gasteiger partial charge in [0.15, 0.2) is 18.6 Å². The lowest BCUT2D eigenvalue weighted by Crippen LogP contribution is -2.68. The van der Waals surface area contributed by atoms with Gasteiger partial charge in [-0.25, -0.2) is 0 Å². The van der Waals surface area contributed by atoms with Gasteiger partial charge in [0.2, 0.25) is 0 Å². The number of rotatable bonds is 1. The number of hydrogen-bond acceptors (Lipinski definition) is 8. The van der Waals surface area contributed by atoms with E-state index in [0.717, 1.165) is 18.5 Å². The maximum atomic E-state index is 6.64. The SMILES string of the molecule is C[C@@H]1OC(C)(C)C(C)(C2(C)O[Si]3(OPC/C=C/C(C)(C)COSO3)OC2(C)C)O1. The lowest BCUT2D eigenvalue weighted by molar-refractivity contribution is -0.192. The molecule has 3 aliphatic rings. The van der Waals surface area contributed by atoms with E-state index in [-0.39, 0.29) is 20.5 Å². The van der Waals surface area contributed by atoms with Crippen molar-refractivity contribution in [1.29, 1.82) is 0 Å². The minimum atomic E-state index is -3.51. The molecule has 3 rings (SSSR count). The van der Waals surface area contributed by atoms with Gasteiger partial charge in [-0.15, -0.1) is 0 Å². The van der Waals surface area contributed by atoms with E-state index in [9.17, 15) is 0 Å². The van der Waals surface area contributed by atoms with E-state index < -0.39 is 31.5 Å². The highest BCUT2D eigenvalue weighted by Gasteiger charge is 2.77. The van der Waals surface area contributed by atoms with Gasteiger partial charge in [-0.05, 0) is 48.5 Å². The third kappa shape index (κ3) is 4.25. The Morgan fingerprint density at radius 1 is 0.931 bits per heavy atom. The molecule has 5 atom stereocenters. The first kappa shape index (κ1) is 24.1. The fraction of sp³-hybridized carbons (Fsp3) is 0.895. The van der Waals surface area contributed by atoms with E-state index in [4.69, 9.17) is 30.6 Å². The predicted molar refractivity (Wildman–Crippen MR) is 116 cm³/mol.